The summed E-state index contributed by atoms with van der Waals surface area (Å²) in [5, 5.41) is 13.9. The first-order valence-corrected chi connectivity index (χ1v) is 1.21. The van der Waals surface area contributed by atoms with Gasteiger partial charge in [-0.05, 0) is 0 Å². The van der Waals surface area contributed by atoms with Crippen LogP contribution in [0.25, 0.3) is 5.41 Å². The Kier molecular flexibility index (Phi) is 8.33. The second-order valence-electron chi connectivity index (χ2n) is 0.597. The van der Waals surface area contributed by atoms with Crippen molar-refractivity contribution in [2.75, 3.05) is 0 Å². The van der Waals surface area contributed by atoms with Crippen molar-refractivity contribution in [2.45, 2.75) is 0 Å². The van der Waals surface area contributed by atoms with Crippen molar-refractivity contribution < 1.29 is 29.6 Å². The van der Waals surface area contributed by atoms with E-state index in [1.807, 2.05) is 0 Å². The van der Waals surface area contributed by atoms with E-state index >= 15 is 0 Å². The Morgan fingerprint density at radius 3 is 2.29 bits per heavy atom. The van der Waals surface area contributed by atoms with Crippen LogP contribution in [0.15, 0.2) is 4.99 Å². The number of nitrogens with zero attached hydrogens (tertiary/aromatic N) is 2. The van der Waals surface area contributed by atoms with Gasteiger partial charge in [-0.25, -0.2) is 0 Å². The molecule has 0 amide bonds. The third-order valence-electron chi connectivity index (χ3n) is 0.170. The number of guanidine groups is 1. The smallest absolute Gasteiger partial charge is 0.422 e. The predicted octanol–water partition coefficient (Wildman–Crippen LogP) is -3.37. The summed E-state index contributed by atoms with van der Waals surface area (Å²) in [6.45, 7) is 0. The van der Waals surface area contributed by atoms with Gasteiger partial charge >= 0.3 is 29.6 Å². The van der Waals surface area contributed by atoms with Gasteiger partial charge in [0.15, 0.2) is 0 Å². The summed E-state index contributed by atoms with van der Waals surface area (Å²) >= 11 is 0. The van der Waals surface area contributed by atoms with E-state index in [1.54, 1.807) is 0 Å². The van der Waals surface area contributed by atoms with Crippen LogP contribution in [0, 0.1) is 5.41 Å². The first-order chi connectivity index (χ1) is 2.77. The maximum Gasteiger partial charge on any atom is 1.00 e. The van der Waals surface area contributed by atoms with E-state index in [1.165, 1.54) is 6.01 Å². The van der Waals surface area contributed by atoms with Crippen LogP contribution in [0.3, 0.4) is 0 Å². The van der Waals surface area contributed by atoms with Crippen LogP contribution in [0.1, 0.15) is 0 Å². The van der Waals surface area contributed by atoms with Gasteiger partial charge in [0.05, 0.1) is 0 Å². The molecule has 5 heteroatoms. The Hall–Kier alpha value is -0.150. The molecule has 0 aromatic rings. The first-order valence-electron chi connectivity index (χ1n) is 1.21. The summed E-state index contributed by atoms with van der Waals surface area (Å²) in [5.74, 6) is -0.447. The van der Waals surface area contributed by atoms with Gasteiger partial charge in [-0.1, -0.05) is 0 Å². The fourth-order valence-corrected chi connectivity index (χ4v) is 0.0539. The molecule has 0 aromatic heterocycles. The number of hydrogen-bond donors (Lipinski definition) is 2. The Morgan fingerprint density at radius 1 is 1.86 bits per heavy atom. The molecule has 0 saturated heterocycles. The molecule has 32 valence electrons. The van der Waals surface area contributed by atoms with Gasteiger partial charge in [-0.3, -0.25) is 5.41 Å². The second kappa shape index (κ2) is 5.85. The average molecular weight is 106 g/mol. The molecule has 4 nitrogen and oxygen atoms in total. The van der Waals surface area contributed by atoms with Crippen molar-refractivity contribution >= 4 is 12.0 Å². The summed E-state index contributed by atoms with van der Waals surface area (Å²) in [5.41, 5.74) is 4.60. The monoisotopic (exact) mass is 106 g/mol. The first kappa shape index (κ1) is 9.97. The summed E-state index contributed by atoms with van der Waals surface area (Å²) < 4.78 is 0. The van der Waals surface area contributed by atoms with E-state index in [2.05, 4.69) is 10.7 Å². The van der Waals surface area contributed by atoms with E-state index in [0.717, 1.165) is 0 Å². The summed E-state index contributed by atoms with van der Waals surface area (Å²) in [6.07, 6.45) is 0. The van der Waals surface area contributed by atoms with Crippen LogP contribution in [-0.4, -0.2) is 12.0 Å². The van der Waals surface area contributed by atoms with E-state index in [0.29, 0.717) is 0 Å². The quantitative estimate of drug-likeness (QED) is 0.188. The number of nitrogens with two attached hydrogens (primary N) is 1. The second-order valence-corrected chi connectivity index (χ2v) is 0.597. The molecule has 0 aliphatic heterocycles. The van der Waals surface area contributed by atoms with E-state index in [-0.39, 0.29) is 29.6 Å². The molecular formula is C2H3N4Na. The normalized spacial score (nSPS) is 5.14. The molecule has 0 spiro atoms. The average Bonchev–Trinajstić information content (AvgIpc) is 1.35. The van der Waals surface area contributed by atoms with Crippen LogP contribution in [0.4, 0.5) is 0 Å². The third kappa shape index (κ3) is 10.7. The zero-order chi connectivity index (χ0) is 4.99. The molecule has 0 atom stereocenters. The standard InChI is InChI=1S/C2H3N4.Na/c3-1-6-2(4)5;/h(H3,4,5);/q-1;+1. The molecule has 0 rings (SSSR count). The molecule has 7 heavy (non-hydrogen) atoms. The topological polar surface area (TPSA) is 84.5 Å². The maximum absolute atomic E-state index is 7.60. The molecule has 0 heterocycles. The van der Waals surface area contributed by atoms with Crippen LogP contribution < -0.4 is 35.3 Å². The minimum atomic E-state index is -0.447. The Bertz CT molecular complexity index is 102. The van der Waals surface area contributed by atoms with E-state index in [4.69, 9.17) is 10.8 Å². The fraction of sp³-hybridized carbons (Fsp3) is 0. The zero-order valence-corrected chi connectivity index (χ0v) is 5.97. The molecule has 0 saturated carbocycles. The molecule has 0 fully saturated rings. The maximum atomic E-state index is 7.60. The minimum absolute atomic E-state index is 0. The zero-order valence-electron chi connectivity index (χ0n) is 3.97. The number of nitrogens with one attached hydrogen (secondary N) is 1. The molecule has 0 radical (unpaired) electrons. The number of aliphatic imine (C=N–C) groups is 1. The van der Waals surface area contributed by atoms with Crippen molar-refractivity contribution in [2.24, 2.45) is 10.7 Å². The summed E-state index contributed by atoms with van der Waals surface area (Å²) in [4.78, 5) is 2.79. The molecule has 0 aliphatic rings. The fourth-order valence-electron chi connectivity index (χ4n) is 0.0539. The van der Waals surface area contributed by atoms with Gasteiger partial charge in [-0.15, -0.1) is 6.01 Å². The molecule has 3 N–H and O–H groups in total. The van der Waals surface area contributed by atoms with Crippen molar-refractivity contribution in [3.63, 3.8) is 0 Å². The van der Waals surface area contributed by atoms with Crippen LogP contribution in [0.2, 0.25) is 0 Å². The van der Waals surface area contributed by atoms with Gasteiger partial charge < -0.3 is 16.1 Å². The van der Waals surface area contributed by atoms with Gasteiger partial charge in [0.1, 0.15) is 5.96 Å². The Morgan fingerprint density at radius 2 is 2.29 bits per heavy atom. The van der Waals surface area contributed by atoms with Crippen molar-refractivity contribution in [3.8, 4) is 0 Å². The van der Waals surface area contributed by atoms with Crippen molar-refractivity contribution in [1.29, 1.82) is 5.41 Å². The van der Waals surface area contributed by atoms with Crippen LogP contribution in [0.5, 0.6) is 0 Å². The van der Waals surface area contributed by atoms with Gasteiger partial charge in [0.25, 0.3) is 0 Å². The largest absolute Gasteiger partial charge is 1.00 e. The van der Waals surface area contributed by atoms with Crippen LogP contribution in [-0.2, 0) is 0 Å². The minimum Gasteiger partial charge on any atom is -0.422 e. The third-order valence-corrected chi connectivity index (χ3v) is 0.170. The van der Waals surface area contributed by atoms with E-state index < -0.39 is 5.96 Å². The SMILES string of the molecule is [N-]=C=NC(=N)N.[Na+]. The Labute approximate surface area is 63.1 Å². The molecular weight excluding hydrogens is 103 g/mol. The predicted molar refractivity (Wildman–Crippen MR) is 22.7 cm³/mol. The van der Waals surface area contributed by atoms with Crippen LogP contribution >= 0.6 is 0 Å². The van der Waals surface area contributed by atoms with E-state index in [9.17, 15) is 0 Å². The molecule has 0 bridgehead atoms. The molecule has 0 aliphatic carbocycles. The summed E-state index contributed by atoms with van der Waals surface area (Å²) in [7, 11) is 0. The van der Waals surface area contributed by atoms with Gasteiger partial charge in [0.2, 0.25) is 0 Å². The summed E-state index contributed by atoms with van der Waals surface area (Å²) in [6, 6.07) is 1.34. The number of rotatable bonds is 0. The van der Waals surface area contributed by atoms with Crippen molar-refractivity contribution in [3.05, 3.63) is 5.41 Å². The molecule has 0 aromatic carbocycles. The van der Waals surface area contributed by atoms with Crippen molar-refractivity contribution in [1.82, 2.24) is 0 Å². The Balaban J connectivity index is 0. The molecule has 0 unspecified atom stereocenters. The van der Waals surface area contributed by atoms with Gasteiger partial charge in [0, 0.05) is 0 Å². The number of hydrogen-bond acceptors (Lipinski definition) is 1. The van der Waals surface area contributed by atoms with Gasteiger partial charge in [-0.2, -0.15) is 0 Å².